The molecular formula is C24H28N2OS. The Kier molecular flexibility index (Phi) is 4.75. The van der Waals surface area contributed by atoms with Crippen LogP contribution in [0, 0.1) is 12.8 Å². The number of para-hydroxylation sites is 1. The summed E-state index contributed by atoms with van der Waals surface area (Å²) in [5, 5.41) is 7.10. The lowest BCUT2D eigenvalue weighted by Crippen LogP contribution is -2.37. The van der Waals surface area contributed by atoms with Gasteiger partial charge < -0.3 is 10.6 Å². The smallest absolute Gasteiger partial charge is 0.253 e. The van der Waals surface area contributed by atoms with Gasteiger partial charge in [0.05, 0.1) is 17.3 Å². The number of nitrogens with one attached hydrogen (secondary N) is 2. The number of hydrogen-bond donors (Lipinski definition) is 2. The molecule has 0 bridgehead atoms. The van der Waals surface area contributed by atoms with E-state index in [0.717, 1.165) is 30.5 Å². The summed E-state index contributed by atoms with van der Waals surface area (Å²) in [5.74, 6) is 1.01. The molecule has 1 saturated carbocycles. The quantitative estimate of drug-likeness (QED) is 0.634. The minimum Gasteiger partial charge on any atom is -0.376 e. The highest BCUT2D eigenvalue weighted by Crippen LogP contribution is 2.51. The van der Waals surface area contributed by atoms with E-state index in [-0.39, 0.29) is 11.9 Å². The van der Waals surface area contributed by atoms with Gasteiger partial charge in [0, 0.05) is 21.7 Å². The van der Waals surface area contributed by atoms with Gasteiger partial charge in [0.2, 0.25) is 0 Å². The Hall–Kier alpha value is -2.07. The van der Waals surface area contributed by atoms with Crippen molar-refractivity contribution < 1.29 is 4.79 Å². The van der Waals surface area contributed by atoms with E-state index in [2.05, 4.69) is 54.0 Å². The summed E-state index contributed by atoms with van der Waals surface area (Å²) in [4.78, 5) is 15.9. The van der Waals surface area contributed by atoms with Gasteiger partial charge in [-0.2, -0.15) is 0 Å². The van der Waals surface area contributed by atoms with Gasteiger partial charge in [-0.15, -0.1) is 11.3 Å². The van der Waals surface area contributed by atoms with Crippen molar-refractivity contribution in [3.8, 4) is 0 Å². The van der Waals surface area contributed by atoms with Crippen molar-refractivity contribution in [2.45, 2.75) is 63.5 Å². The molecule has 28 heavy (non-hydrogen) atoms. The second-order valence-electron chi connectivity index (χ2n) is 8.50. The zero-order valence-corrected chi connectivity index (χ0v) is 17.2. The van der Waals surface area contributed by atoms with E-state index in [1.807, 2.05) is 17.4 Å². The molecule has 3 unspecified atom stereocenters. The van der Waals surface area contributed by atoms with Gasteiger partial charge in [-0.1, -0.05) is 43.5 Å². The van der Waals surface area contributed by atoms with Crippen LogP contribution in [0.4, 0.5) is 5.69 Å². The number of thiophene rings is 1. The van der Waals surface area contributed by atoms with Gasteiger partial charge >= 0.3 is 0 Å². The lowest BCUT2D eigenvalue weighted by atomic mass is 9.78. The predicted octanol–water partition coefficient (Wildman–Crippen LogP) is 5.95. The predicted molar refractivity (Wildman–Crippen MR) is 116 cm³/mol. The highest BCUT2D eigenvalue weighted by atomic mass is 32.1. The fourth-order valence-electron chi connectivity index (χ4n) is 5.22. The van der Waals surface area contributed by atoms with Crippen LogP contribution < -0.4 is 10.6 Å². The van der Waals surface area contributed by atoms with Crippen LogP contribution in [0.5, 0.6) is 0 Å². The molecule has 146 valence electrons. The zero-order valence-electron chi connectivity index (χ0n) is 16.4. The SMILES string of the molecule is Cc1ccc(C2Nc3c(C(=O)NC4CCCCC4)cccc3C3C=CCC32)s1. The second-order valence-corrected chi connectivity index (χ2v) is 9.82. The Morgan fingerprint density at radius 3 is 2.79 bits per heavy atom. The Morgan fingerprint density at radius 2 is 2.00 bits per heavy atom. The fourth-order valence-corrected chi connectivity index (χ4v) is 6.23. The number of aryl methyl sites for hydroxylation is 1. The average molecular weight is 393 g/mol. The number of amides is 1. The molecule has 2 N–H and O–H groups in total. The first-order chi connectivity index (χ1) is 13.7. The molecule has 1 amide bonds. The number of hydrogen-bond acceptors (Lipinski definition) is 3. The van der Waals surface area contributed by atoms with Gasteiger partial charge in [-0.05, 0) is 55.9 Å². The molecule has 2 aromatic rings. The van der Waals surface area contributed by atoms with Crippen molar-refractivity contribution in [2.24, 2.45) is 5.92 Å². The normalized spacial score (nSPS) is 26.4. The van der Waals surface area contributed by atoms with Crippen LogP contribution in [0.3, 0.4) is 0 Å². The molecule has 1 fully saturated rings. The highest BCUT2D eigenvalue weighted by molar-refractivity contribution is 7.12. The average Bonchev–Trinajstić information content (AvgIpc) is 3.37. The number of rotatable bonds is 3. The lowest BCUT2D eigenvalue weighted by Gasteiger charge is -2.37. The number of carbonyl (C=O) groups excluding carboxylic acids is 1. The Balaban J connectivity index is 1.48. The largest absolute Gasteiger partial charge is 0.376 e. The molecule has 4 heteroatoms. The van der Waals surface area contributed by atoms with E-state index in [1.165, 1.54) is 34.6 Å². The first-order valence-electron chi connectivity index (χ1n) is 10.6. The van der Waals surface area contributed by atoms with E-state index in [1.54, 1.807) is 0 Å². The number of carbonyl (C=O) groups is 1. The third kappa shape index (κ3) is 3.18. The molecule has 3 atom stereocenters. The molecule has 3 nitrogen and oxygen atoms in total. The van der Waals surface area contributed by atoms with Gasteiger partial charge in [-0.3, -0.25) is 4.79 Å². The minimum atomic E-state index is 0.0813. The molecule has 2 aliphatic carbocycles. The van der Waals surface area contributed by atoms with Gasteiger partial charge in [0.15, 0.2) is 0 Å². The van der Waals surface area contributed by atoms with E-state index < -0.39 is 0 Å². The molecule has 2 heterocycles. The molecule has 3 aliphatic rings. The van der Waals surface area contributed by atoms with Crippen molar-refractivity contribution in [1.82, 2.24) is 5.32 Å². The summed E-state index contributed by atoms with van der Waals surface area (Å²) < 4.78 is 0. The van der Waals surface area contributed by atoms with Gasteiger partial charge in [0.25, 0.3) is 5.91 Å². The van der Waals surface area contributed by atoms with Crippen LogP contribution in [0.15, 0.2) is 42.5 Å². The summed E-state index contributed by atoms with van der Waals surface area (Å²) in [6.45, 7) is 2.17. The van der Waals surface area contributed by atoms with Crippen LogP contribution in [0.25, 0.3) is 0 Å². The molecule has 1 aromatic heterocycles. The summed E-state index contributed by atoms with van der Waals surface area (Å²) in [6, 6.07) is 11.3. The van der Waals surface area contributed by atoms with Crippen LogP contribution >= 0.6 is 11.3 Å². The second kappa shape index (κ2) is 7.40. The minimum absolute atomic E-state index is 0.0813. The number of fused-ring (bicyclic) bond motifs is 3. The monoisotopic (exact) mass is 392 g/mol. The van der Waals surface area contributed by atoms with Crippen molar-refractivity contribution in [1.29, 1.82) is 0 Å². The van der Waals surface area contributed by atoms with E-state index in [0.29, 0.717) is 17.9 Å². The molecule has 0 radical (unpaired) electrons. The topological polar surface area (TPSA) is 41.1 Å². The number of allylic oxidation sites excluding steroid dienone is 2. The summed E-state index contributed by atoms with van der Waals surface area (Å²) in [5.41, 5.74) is 3.12. The van der Waals surface area contributed by atoms with Gasteiger partial charge in [-0.25, -0.2) is 0 Å². The third-order valence-corrected chi connectivity index (χ3v) is 7.73. The lowest BCUT2D eigenvalue weighted by molar-refractivity contribution is 0.0928. The van der Waals surface area contributed by atoms with Crippen LogP contribution in [-0.4, -0.2) is 11.9 Å². The van der Waals surface area contributed by atoms with Crippen molar-refractivity contribution in [3.05, 3.63) is 63.4 Å². The first kappa shape index (κ1) is 18.0. The number of benzene rings is 1. The fraction of sp³-hybridized carbons (Fsp3) is 0.458. The maximum Gasteiger partial charge on any atom is 0.253 e. The van der Waals surface area contributed by atoms with Crippen LogP contribution in [-0.2, 0) is 0 Å². The highest BCUT2D eigenvalue weighted by Gasteiger charge is 2.39. The van der Waals surface area contributed by atoms with Crippen LogP contribution in [0.2, 0.25) is 0 Å². The molecule has 1 aliphatic heterocycles. The Morgan fingerprint density at radius 1 is 1.14 bits per heavy atom. The molecule has 0 spiro atoms. The standard InChI is InChI=1S/C24H28N2OS/c1-15-13-14-21(28-15)23-19-11-5-9-17(19)18-10-6-12-20(22(18)26-23)24(27)25-16-7-3-2-4-8-16/h5-6,9-10,12-14,16-17,19,23,26H,2-4,7-8,11H2,1H3,(H,25,27). The van der Waals surface area contributed by atoms with Crippen molar-refractivity contribution >= 4 is 22.9 Å². The number of anilines is 1. The van der Waals surface area contributed by atoms with Crippen molar-refractivity contribution in [3.63, 3.8) is 0 Å². The van der Waals surface area contributed by atoms with E-state index in [9.17, 15) is 4.79 Å². The van der Waals surface area contributed by atoms with Crippen molar-refractivity contribution in [2.75, 3.05) is 5.32 Å². The maximum absolute atomic E-state index is 13.2. The first-order valence-corrected chi connectivity index (χ1v) is 11.5. The third-order valence-electron chi connectivity index (χ3n) is 6.65. The zero-order chi connectivity index (χ0) is 19.1. The summed E-state index contributed by atoms with van der Waals surface area (Å²) in [6.07, 6.45) is 11.7. The van der Waals surface area contributed by atoms with E-state index in [4.69, 9.17) is 0 Å². The summed E-state index contributed by atoms with van der Waals surface area (Å²) in [7, 11) is 0. The molecule has 5 rings (SSSR count). The maximum atomic E-state index is 13.2. The summed E-state index contributed by atoms with van der Waals surface area (Å²) >= 11 is 1.87. The van der Waals surface area contributed by atoms with E-state index >= 15 is 0 Å². The van der Waals surface area contributed by atoms with Crippen LogP contribution in [0.1, 0.15) is 76.2 Å². The van der Waals surface area contributed by atoms with Gasteiger partial charge in [0.1, 0.15) is 0 Å². The Labute approximate surface area is 171 Å². The molecule has 1 aromatic carbocycles. The molecule has 0 saturated heterocycles. The molecular weight excluding hydrogens is 364 g/mol. The Bertz CT molecular complexity index is 909.